The minimum absolute atomic E-state index is 0.0982. The van der Waals surface area contributed by atoms with Gasteiger partial charge in [0.15, 0.2) is 5.65 Å². The molecule has 222 valence electrons. The van der Waals surface area contributed by atoms with E-state index < -0.39 is 58.2 Å². The second-order valence-electron chi connectivity index (χ2n) is 8.26. The Labute approximate surface area is 227 Å². The van der Waals surface area contributed by atoms with Gasteiger partial charge in [0.1, 0.15) is 28.6 Å². The molecule has 0 saturated heterocycles. The highest BCUT2D eigenvalue weighted by Gasteiger charge is 2.54. The fourth-order valence-corrected chi connectivity index (χ4v) is 9.20. The first-order chi connectivity index (χ1) is 18.4. The number of benzene rings is 1. The van der Waals surface area contributed by atoms with Crippen LogP contribution < -0.4 is 10.5 Å². The molecule has 2 atom stereocenters. The molecule has 0 aliphatic carbocycles. The first-order valence-electron chi connectivity index (χ1n) is 11.2. The molecule has 0 amide bonds. The first kappa shape index (κ1) is 32.2. The Morgan fingerprint density at radius 1 is 1.07 bits per heavy atom. The number of aromatic nitrogens is 4. The molecule has 1 aromatic carbocycles. The Bertz CT molecular complexity index is 1400. The van der Waals surface area contributed by atoms with Crippen molar-refractivity contribution in [1.82, 2.24) is 19.5 Å². The molecule has 3 aromatic rings. The van der Waals surface area contributed by atoms with Crippen molar-refractivity contribution in [2.75, 3.05) is 31.3 Å². The van der Waals surface area contributed by atoms with Crippen LogP contribution in [0.2, 0.25) is 0 Å². The average molecular weight is 637 g/mol. The van der Waals surface area contributed by atoms with E-state index in [0.717, 1.165) is 11.8 Å². The summed E-state index contributed by atoms with van der Waals surface area (Å²) in [5, 5.41) is 0.309. The molecule has 2 heterocycles. The summed E-state index contributed by atoms with van der Waals surface area (Å²) in [6.45, 7) is 1.02. The highest BCUT2D eigenvalue weighted by molar-refractivity contribution is 7.99. The van der Waals surface area contributed by atoms with Crippen LogP contribution in [0.4, 0.5) is 32.3 Å². The summed E-state index contributed by atoms with van der Waals surface area (Å²) in [5.74, 6) is 0.410. The van der Waals surface area contributed by atoms with Crippen LogP contribution in [-0.2, 0) is 20.4 Å². The summed E-state index contributed by atoms with van der Waals surface area (Å²) in [7, 11) is -11.6. The van der Waals surface area contributed by atoms with Gasteiger partial charge in [-0.1, -0.05) is 17.8 Å². The summed E-state index contributed by atoms with van der Waals surface area (Å²) in [4.78, 5) is 32.8. The number of nitrogen functional groups attached to an aromatic ring is 1. The third-order valence-corrected chi connectivity index (χ3v) is 11.3. The largest absolute Gasteiger partial charge is 0.494 e. The number of halogens is 6. The Morgan fingerprint density at radius 2 is 1.70 bits per heavy atom. The fourth-order valence-electron chi connectivity index (χ4n) is 3.52. The molecule has 2 aromatic heterocycles. The van der Waals surface area contributed by atoms with Gasteiger partial charge >= 0.3 is 12.4 Å². The van der Waals surface area contributed by atoms with Crippen LogP contribution in [-0.4, -0.2) is 72.8 Å². The maximum absolute atomic E-state index is 12.8. The van der Waals surface area contributed by atoms with Gasteiger partial charge in [0, 0.05) is 11.4 Å². The van der Waals surface area contributed by atoms with Crippen molar-refractivity contribution >= 4 is 43.6 Å². The molecule has 0 bridgehead atoms. The second-order valence-corrected chi connectivity index (χ2v) is 14.3. The molecule has 0 fully saturated rings. The van der Waals surface area contributed by atoms with Gasteiger partial charge in [0.25, 0.3) is 0 Å². The highest BCUT2D eigenvalue weighted by Crippen LogP contribution is 2.67. The average Bonchev–Trinajstić information content (AvgIpc) is 3.16. The first-order valence-corrected chi connectivity index (χ1v) is 15.8. The molecular weight excluding hydrogens is 614 g/mol. The van der Waals surface area contributed by atoms with Gasteiger partial charge in [-0.2, -0.15) is 31.3 Å². The summed E-state index contributed by atoms with van der Waals surface area (Å²) >= 11 is 1.16. The van der Waals surface area contributed by atoms with Gasteiger partial charge in [-0.3, -0.25) is 9.13 Å². The monoisotopic (exact) mass is 637 g/mol. The number of rotatable bonds is 12. The van der Waals surface area contributed by atoms with Crippen molar-refractivity contribution in [2.24, 2.45) is 0 Å². The fraction of sp³-hybridized carbons (Fsp3) is 0.450. The number of alkyl halides is 6. The molecule has 3 rings (SSSR count). The molecule has 40 heavy (non-hydrogen) atoms. The molecule has 0 aliphatic heterocycles. The molecule has 0 saturated carbocycles. The van der Waals surface area contributed by atoms with E-state index in [9.17, 15) is 45.3 Å². The van der Waals surface area contributed by atoms with Crippen molar-refractivity contribution in [3.05, 3.63) is 30.6 Å². The third kappa shape index (κ3) is 8.82. The lowest BCUT2D eigenvalue weighted by Gasteiger charge is -2.28. The normalized spacial score (nSPS) is 16.4. The van der Waals surface area contributed by atoms with Gasteiger partial charge in [-0.15, -0.1) is 0 Å². The molecule has 20 heteroatoms. The summed E-state index contributed by atoms with van der Waals surface area (Å²) in [6, 6.07) is 7.01. The van der Waals surface area contributed by atoms with E-state index in [1.54, 1.807) is 24.3 Å². The van der Waals surface area contributed by atoms with E-state index in [2.05, 4.69) is 15.0 Å². The predicted octanol–water partition coefficient (Wildman–Crippen LogP) is 4.92. The Hall–Kier alpha value is -2.36. The van der Waals surface area contributed by atoms with E-state index in [4.69, 9.17) is 15.2 Å². The maximum atomic E-state index is 12.8. The smallest absolute Gasteiger partial charge is 0.398 e. The molecule has 11 nitrogen and oxygen atoms in total. The van der Waals surface area contributed by atoms with Crippen molar-refractivity contribution in [1.29, 1.82) is 0 Å². The van der Waals surface area contributed by atoms with Crippen molar-refractivity contribution in [3.8, 4) is 5.75 Å². The lowest BCUT2D eigenvalue weighted by molar-refractivity contribution is -0.108. The van der Waals surface area contributed by atoms with Crippen LogP contribution >= 0.6 is 26.5 Å². The lowest BCUT2D eigenvalue weighted by atomic mass is 10.3. The minimum atomic E-state index is -5.79. The number of imidazole rings is 1. The third-order valence-electron chi connectivity index (χ3n) is 4.88. The number of ether oxygens (including phenoxy) is 2. The van der Waals surface area contributed by atoms with Crippen molar-refractivity contribution < 1.29 is 54.7 Å². The quantitative estimate of drug-likeness (QED) is 0.140. The van der Waals surface area contributed by atoms with Crippen molar-refractivity contribution in [3.63, 3.8) is 0 Å². The Balaban J connectivity index is 1.85. The summed E-state index contributed by atoms with van der Waals surface area (Å²) < 4.78 is 113. The van der Waals surface area contributed by atoms with Gasteiger partial charge in [0.2, 0.25) is 26.3 Å². The summed E-state index contributed by atoms with van der Waals surface area (Å²) in [5.41, 5.74) is 3.00. The standard InChI is InChI=1S/C20H23F6N5O6P2S/c1-2-36-12-4-3-5-13(8-12)40-16-14-15(29-17(27)30-16)31(11-28-14)6-7-37-18(38(32,33)9-19(21,22)23)39(34,35)10-20(24,25)26/h3-5,8,11,18H,2,6-7,9-10H2,1H3,(H,32,33)(H,34,35)(H2,27,29,30). The number of anilines is 1. The van der Waals surface area contributed by atoms with Gasteiger partial charge in [-0.25, -0.2) is 9.97 Å². The van der Waals surface area contributed by atoms with E-state index in [1.165, 1.54) is 10.9 Å². The number of nitrogens with two attached hydrogens (primary N) is 1. The second kappa shape index (κ2) is 12.2. The zero-order valence-electron chi connectivity index (χ0n) is 20.5. The number of hydrogen-bond acceptors (Lipinski definition) is 9. The molecular formula is C20H23F6N5O6P2S. The molecule has 0 spiro atoms. The predicted molar refractivity (Wildman–Crippen MR) is 133 cm³/mol. The van der Waals surface area contributed by atoms with Crippen LogP contribution in [0.5, 0.6) is 5.75 Å². The van der Waals surface area contributed by atoms with Crippen LogP contribution in [0.15, 0.2) is 40.5 Å². The van der Waals surface area contributed by atoms with Gasteiger partial charge in [-0.05, 0) is 25.1 Å². The topological polar surface area (TPSA) is 163 Å². The number of hydrogen-bond donors (Lipinski definition) is 3. The molecule has 4 N–H and O–H groups in total. The van der Waals surface area contributed by atoms with Gasteiger partial charge in [0.05, 0.1) is 19.5 Å². The number of nitrogens with zero attached hydrogens (tertiary/aromatic N) is 4. The van der Waals surface area contributed by atoms with E-state index in [0.29, 0.717) is 22.3 Å². The molecule has 0 aliphatic rings. The lowest BCUT2D eigenvalue weighted by Crippen LogP contribution is -2.27. The minimum Gasteiger partial charge on any atom is -0.494 e. The van der Waals surface area contributed by atoms with Crippen molar-refractivity contribution in [2.45, 2.75) is 41.3 Å². The SMILES string of the molecule is CCOc1cccc(Sc2nc(N)nc3c2ncn3CCOC(P(=O)(O)CC(F)(F)F)P(=O)(O)CC(F)(F)F)c1. The van der Waals surface area contributed by atoms with Gasteiger partial charge < -0.3 is 29.6 Å². The summed E-state index contributed by atoms with van der Waals surface area (Å²) in [6.07, 6.45) is -14.5. The van der Waals surface area contributed by atoms with E-state index >= 15 is 0 Å². The zero-order chi connectivity index (χ0) is 29.9. The van der Waals surface area contributed by atoms with E-state index in [1.807, 2.05) is 6.92 Å². The maximum Gasteiger partial charge on any atom is 0.398 e. The van der Waals surface area contributed by atoms with Crippen LogP contribution in [0.3, 0.4) is 0 Å². The van der Waals surface area contributed by atoms with Crippen LogP contribution in [0, 0.1) is 0 Å². The van der Waals surface area contributed by atoms with Crippen LogP contribution in [0.25, 0.3) is 11.2 Å². The molecule has 0 radical (unpaired) electrons. The molecule has 2 unspecified atom stereocenters. The zero-order valence-corrected chi connectivity index (χ0v) is 23.1. The van der Waals surface area contributed by atoms with E-state index in [-0.39, 0.29) is 17.1 Å². The van der Waals surface area contributed by atoms with Crippen LogP contribution in [0.1, 0.15) is 6.92 Å². The Kier molecular flexibility index (Phi) is 9.85. The number of fused-ring (bicyclic) bond motifs is 1. The Morgan fingerprint density at radius 3 is 2.27 bits per heavy atom. The highest BCUT2D eigenvalue weighted by atomic mass is 32.2.